The van der Waals surface area contributed by atoms with Crippen molar-refractivity contribution >= 4 is 16.7 Å². The van der Waals surface area contributed by atoms with E-state index in [-0.39, 0.29) is 11.8 Å². The van der Waals surface area contributed by atoms with Gasteiger partial charge in [-0.05, 0) is 41.6 Å². The molecule has 1 aliphatic heterocycles. The van der Waals surface area contributed by atoms with Crippen molar-refractivity contribution in [3.63, 3.8) is 0 Å². The molecule has 0 aliphatic carbocycles. The first-order valence-corrected chi connectivity index (χ1v) is 9.64. The molecular weight excluding hydrogens is 324 g/mol. The van der Waals surface area contributed by atoms with Crippen LogP contribution in [0.2, 0.25) is 0 Å². The number of amides is 1. The molecule has 0 saturated carbocycles. The number of carbonyl (C=O) groups excluding carboxylic acids is 1. The van der Waals surface area contributed by atoms with Gasteiger partial charge >= 0.3 is 0 Å². The number of hydrogen-bond acceptors (Lipinski definition) is 3. The van der Waals surface area contributed by atoms with Crippen molar-refractivity contribution in [1.82, 2.24) is 4.90 Å². The molecule has 0 spiro atoms. The number of nitrogens with two attached hydrogens (primary N) is 1. The Labute approximate surface area is 156 Å². The molecule has 1 atom stereocenters. The number of rotatable bonds is 7. The van der Waals surface area contributed by atoms with Gasteiger partial charge in [0.15, 0.2) is 0 Å². The Hall–Kier alpha value is -1.91. The normalized spacial score (nSPS) is 18.1. The number of benzene rings is 2. The molecule has 3 rings (SSSR count). The van der Waals surface area contributed by atoms with Crippen LogP contribution in [0.25, 0.3) is 10.8 Å². The van der Waals surface area contributed by atoms with Gasteiger partial charge in [-0.3, -0.25) is 9.69 Å². The molecule has 1 fully saturated rings. The van der Waals surface area contributed by atoms with Crippen LogP contribution >= 0.6 is 0 Å². The van der Waals surface area contributed by atoms with Crippen LogP contribution in [0, 0.1) is 5.92 Å². The summed E-state index contributed by atoms with van der Waals surface area (Å²) in [5, 5.41) is 2.29. The summed E-state index contributed by atoms with van der Waals surface area (Å²) in [5.74, 6) is -0.0821. The summed E-state index contributed by atoms with van der Waals surface area (Å²) in [6.45, 7) is 8.75. The zero-order valence-electron chi connectivity index (χ0n) is 15.9. The van der Waals surface area contributed by atoms with Crippen molar-refractivity contribution in [2.75, 3.05) is 32.8 Å². The Balaban J connectivity index is 1.92. The smallest absolute Gasteiger partial charge is 0.228 e. The van der Waals surface area contributed by atoms with Crippen molar-refractivity contribution in [2.24, 2.45) is 11.7 Å². The number of nitrogens with zero attached hydrogens (tertiary/aromatic N) is 1. The van der Waals surface area contributed by atoms with Crippen LogP contribution in [0.1, 0.15) is 32.3 Å². The molecule has 0 radical (unpaired) electrons. The molecule has 1 aliphatic rings. The largest absolute Gasteiger partial charge is 0.379 e. The molecule has 0 aromatic heterocycles. The minimum atomic E-state index is -0.646. The first-order valence-electron chi connectivity index (χ1n) is 9.64. The molecule has 2 aromatic carbocycles. The van der Waals surface area contributed by atoms with Gasteiger partial charge < -0.3 is 10.5 Å². The molecule has 4 nitrogen and oxygen atoms in total. The summed E-state index contributed by atoms with van der Waals surface area (Å²) >= 11 is 0. The van der Waals surface area contributed by atoms with Crippen LogP contribution in [0.15, 0.2) is 42.5 Å². The molecule has 1 unspecified atom stereocenters. The van der Waals surface area contributed by atoms with Gasteiger partial charge in [0.2, 0.25) is 5.91 Å². The van der Waals surface area contributed by atoms with Crippen LogP contribution in [0.3, 0.4) is 0 Å². The van der Waals surface area contributed by atoms with Crippen molar-refractivity contribution in [2.45, 2.75) is 32.1 Å². The minimum Gasteiger partial charge on any atom is -0.379 e. The second-order valence-electron chi connectivity index (χ2n) is 7.57. The second kappa shape index (κ2) is 8.19. The Bertz CT molecular complexity index is 747. The first kappa shape index (κ1) is 18.9. The van der Waals surface area contributed by atoms with Crippen LogP contribution < -0.4 is 5.73 Å². The second-order valence-corrected chi connectivity index (χ2v) is 7.57. The quantitative estimate of drug-likeness (QED) is 0.830. The number of ether oxygens (including phenoxy) is 1. The standard InChI is InChI=1S/C22H30N2O2/c1-17(2)22(21(23)25,11-6-12-24-13-15-26-16-14-24)20-10-5-8-18-7-3-4-9-19(18)20/h3-5,7-10,17H,6,11-16H2,1-2H3,(H2,23,25). The lowest BCUT2D eigenvalue weighted by atomic mass is 9.67. The van der Waals surface area contributed by atoms with E-state index in [1.807, 2.05) is 18.2 Å². The maximum atomic E-state index is 12.8. The van der Waals surface area contributed by atoms with Gasteiger partial charge in [0.05, 0.1) is 18.6 Å². The predicted molar refractivity (Wildman–Crippen MR) is 106 cm³/mol. The SMILES string of the molecule is CC(C)C(CCCN1CCOCC1)(C(N)=O)c1cccc2ccccc12. The van der Waals surface area contributed by atoms with E-state index < -0.39 is 5.41 Å². The van der Waals surface area contributed by atoms with E-state index >= 15 is 0 Å². The topological polar surface area (TPSA) is 55.6 Å². The summed E-state index contributed by atoms with van der Waals surface area (Å²) in [4.78, 5) is 15.2. The fourth-order valence-corrected chi connectivity index (χ4v) is 4.30. The lowest BCUT2D eigenvalue weighted by molar-refractivity contribution is -0.125. The molecule has 2 aromatic rings. The van der Waals surface area contributed by atoms with E-state index in [4.69, 9.17) is 10.5 Å². The molecule has 1 amide bonds. The Kier molecular flexibility index (Phi) is 5.94. The van der Waals surface area contributed by atoms with E-state index in [1.165, 1.54) is 0 Å². The minimum absolute atomic E-state index is 0.135. The predicted octanol–water partition coefficient (Wildman–Crippen LogP) is 3.33. The Morgan fingerprint density at radius 2 is 1.85 bits per heavy atom. The van der Waals surface area contributed by atoms with E-state index in [9.17, 15) is 4.79 Å². The molecule has 1 heterocycles. The van der Waals surface area contributed by atoms with Crippen LogP contribution in [-0.4, -0.2) is 43.7 Å². The Morgan fingerprint density at radius 1 is 1.15 bits per heavy atom. The van der Waals surface area contributed by atoms with Crippen molar-refractivity contribution in [3.05, 3.63) is 48.0 Å². The van der Waals surface area contributed by atoms with Gasteiger partial charge in [0, 0.05) is 13.1 Å². The number of primary amides is 1. The molecule has 2 N–H and O–H groups in total. The van der Waals surface area contributed by atoms with Crippen molar-refractivity contribution in [1.29, 1.82) is 0 Å². The van der Waals surface area contributed by atoms with E-state index in [1.54, 1.807) is 0 Å². The molecule has 140 valence electrons. The monoisotopic (exact) mass is 354 g/mol. The number of fused-ring (bicyclic) bond motifs is 1. The van der Waals surface area contributed by atoms with Gasteiger partial charge in [-0.25, -0.2) is 0 Å². The zero-order valence-corrected chi connectivity index (χ0v) is 15.9. The summed E-state index contributed by atoms with van der Waals surface area (Å²) in [6, 6.07) is 14.5. The lowest BCUT2D eigenvalue weighted by Crippen LogP contribution is -2.46. The van der Waals surface area contributed by atoms with Gasteiger partial charge in [-0.1, -0.05) is 56.3 Å². The highest BCUT2D eigenvalue weighted by molar-refractivity contribution is 5.95. The zero-order chi connectivity index (χ0) is 18.6. The number of morpholine rings is 1. The number of carbonyl (C=O) groups is 1. The highest BCUT2D eigenvalue weighted by atomic mass is 16.5. The average Bonchev–Trinajstić information content (AvgIpc) is 2.65. The fraction of sp³-hybridized carbons (Fsp3) is 0.500. The Morgan fingerprint density at radius 3 is 2.54 bits per heavy atom. The number of hydrogen-bond donors (Lipinski definition) is 1. The highest BCUT2D eigenvalue weighted by Gasteiger charge is 2.42. The molecule has 26 heavy (non-hydrogen) atoms. The van der Waals surface area contributed by atoms with Crippen molar-refractivity contribution < 1.29 is 9.53 Å². The third-order valence-corrected chi connectivity index (χ3v) is 5.84. The first-order chi connectivity index (χ1) is 12.6. The van der Waals surface area contributed by atoms with E-state index in [0.717, 1.165) is 62.0 Å². The molecular formula is C22H30N2O2. The van der Waals surface area contributed by atoms with E-state index in [0.29, 0.717) is 0 Å². The fourth-order valence-electron chi connectivity index (χ4n) is 4.30. The van der Waals surface area contributed by atoms with Gasteiger partial charge in [-0.2, -0.15) is 0 Å². The maximum absolute atomic E-state index is 12.8. The third kappa shape index (κ3) is 3.62. The third-order valence-electron chi connectivity index (χ3n) is 5.84. The van der Waals surface area contributed by atoms with E-state index in [2.05, 4.69) is 43.0 Å². The van der Waals surface area contributed by atoms with Crippen molar-refractivity contribution in [3.8, 4) is 0 Å². The highest BCUT2D eigenvalue weighted by Crippen LogP contribution is 2.40. The molecule has 1 saturated heterocycles. The van der Waals surface area contributed by atoms with Gasteiger partial charge in [0.1, 0.15) is 0 Å². The van der Waals surface area contributed by atoms with Crippen LogP contribution in [-0.2, 0) is 14.9 Å². The summed E-state index contributed by atoms with van der Waals surface area (Å²) in [7, 11) is 0. The van der Waals surface area contributed by atoms with Gasteiger partial charge in [-0.15, -0.1) is 0 Å². The molecule has 4 heteroatoms. The lowest BCUT2D eigenvalue weighted by Gasteiger charge is -2.37. The molecule has 0 bridgehead atoms. The summed E-state index contributed by atoms with van der Waals surface area (Å²) < 4.78 is 5.43. The van der Waals surface area contributed by atoms with Gasteiger partial charge in [0.25, 0.3) is 0 Å². The maximum Gasteiger partial charge on any atom is 0.228 e. The average molecular weight is 354 g/mol. The van der Waals surface area contributed by atoms with Crippen LogP contribution in [0.5, 0.6) is 0 Å². The summed E-state index contributed by atoms with van der Waals surface area (Å²) in [6.07, 6.45) is 1.72. The van der Waals surface area contributed by atoms with Crippen LogP contribution in [0.4, 0.5) is 0 Å². The summed E-state index contributed by atoms with van der Waals surface area (Å²) in [5.41, 5.74) is 6.47.